The van der Waals surface area contributed by atoms with Crippen LogP contribution in [0.5, 0.6) is 0 Å². The van der Waals surface area contributed by atoms with E-state index in [9.17, 15) is 9.59 Å². The van der Waals surface area contributed by atoms with Gasteiger partial charge in [0.05, 0.1) is 11.7 Å². The van der Waals surface area contributed by atoms with Crippen molar-refractivity contribution >= 4 is 35.2 Å². The molecular weight excluding hydrogens is 286 g/mol. The molecule has 0 atom stereocenters. The molecule has 0 aliphatic carbocycles. The Morgan fingerprint density at radius 2 is 2.05 bits per heavy atom. The third kappa shape index (κ3) is 3.64. The van der Waals surface area contributed by atoms with Gasteiger partial charge in [-0.3, -0.25) is 9.59 Å². The number of hydrogen-bond acceptors (Lipinski definition) is 3. The molecule has 1 aliphatic heterocycles. The van der Waals surface area contributed by atoms with Crippen molar-refractivity contribution in [3.8, 4) is 0 Å². The standard InChI is InChI=1S/C13H14ClNO3S/c14-11-4-2-1-3-9(11)7-19-8-12(16)15-5-10(6-15)13(17)18/h1-4,10H,5-8H2,(H,17,18). The van der Waals surface area contributed by atoms with Crippen LogP contribution in [-0.2, 0) is 15.3 Å². The van der Waals surface area contributed by atoms with Crippen molar-refractivity contribution in [2.24, 2.45) is 5.92 Å². The molecule has 1 amide bonds. The lowest BCUT2D eigenvalue weighted by molar-refractivity contribution is -0.151. The molecule has 1 saturated heterocycles. The van der Waals surface area contributed by atoms with Crippen molar-refractivity contribution in [2.45, 2.75) is 5.75 Å². The molecule has 0 radical (unpaired) electrons. The summed E-state index contributed by atoms with van der Waals surface area (Å²) in [7, 11) is 0. The van der Waals surface area contributed by atoms with Crippen LogP contribution < -0.4 is 0 Å². The Kier molecular flexibility index (Phi) is 4.71. The van der Waals surface area contributed by atoms with E-state index in [-0.39, 0.29) is 5.91 Å². The van der Waals surface area contributed by atoms with Crippen molar-refractivity contribution in [1.29, 1.82) is 0 Å². The summed E-state index contributed by atoms with van der Waals surface area (Å²) in [6.45, 7) is 0.668. The van der Waals surface area contributed by atoms with Gasteiger partial charge in [-0.15, -0.1) is 11.8 Å². The van der Waals surface area contributed by atoms with Crippen LogP contribution in [-0.4, -0.2) is 40.7 Å². The van der Waals surface area contributed by atoms with E-state index in [1.807, 2.05) is 24.3 Å². The number of amides is 1. The number of likely N-dealkylation sites (tertiary alicyclic amines) is 1. The van der Waals surface area contributed by atoms with Gasteiger partial charge < -0.3 is 10.0 Å². The maximum atomic E-state index is 11.7. The minimum atomic E-state index is -0.826. The lowest BCUT2D eigenvalue weighted by Crippen LogP contribution is -2.53. The highest BCUT2D eigenvalue weighted by Crippen LogP contribution is 2.22. The number of rotatable bonds is 5. The van der Waals surface area contributed by atoms with Gasteiger partial charge in [0.15, 0.2) is 0 Å². The maximum absolute atomic E-state index is 11.7. The second-order valence-electron chi connectivity index (χ2n) is 4.42. The van der Waals surface area contributed by atoms with E-state index >= 15 is 0 Å². The molecule has 0 aromatic heterocycles. The molecule has 102 valence electrons. The molecule has 1 fully saturated rings. The van der Waals surface area contributed by atoms with Gasteiger partial charge in [-0.25, -0.2) is 0 Å². The zero-order valence-electron chi connectivity index (χ0n) is 10.2. The number of nitrogens with zero attached hydrogens (tertiary/aromatic N) is 1. The van der Waals surface area contributed by atoms with Crippen LogP contribution in [0.3, 0.4) is 0 Å². The van der Waals surface area contributed by atoms with E-state index in [0.29, 0.717) is 29.6 Å². The van der Waals surface area contributed by atoms with Crippen molar-refractivity contribution in [3.05, 3.63) is 34.9 Å². The molecule has 1 aromatic rings. The van der Waals surface area contributed by atoms with Gasteiger partial charge in [0.1, 0.15) is 0 Å². The molecule has 1 aliphatic rings. The summed E-state index contributed by atoms with van der Waals surface area (Å²) < 4.78 is 0. The summed E-state index contributed by atoms with van der Waals surface area (Å²) in [6, 6.07) is 7.54. The van der Waals surface area contributed by atoms with Gasteiger partial charge in [0.25, 0.3) is 0 Å². The van der Waals surface area contributed by atoms with Crippen LogP contribution in [0.2, 0.25) is 5.02 Å². The molecule has 6 heteroatoms. The van der Waals surface area contributed by atoms with Gasteiger partial charge in [-0.1, -0.05) is 29.8 Å². The monoisotopic (exact) mass is 299 g/mol. The topological polar surface area (TPSA) is 57.6 Å². The SMILES string of the molecule is O=C(O)C1CN(C(=O)CSCc2ccccc2Cl)C1. The zero-order valence-corrected chi connectivity index (χ0v) is 11.8. The molecule has 0 spiro atoms. The third-order valence-corrected chi connectivity index (χ3v) is 4.36. The predicted molar refractivity (Wildman–Crippen MR) is 75.3 cm³/mol. The van der Waals surface area contributed by atoms with E-state index in [1.54, 1.807) is 4.90 Å². The molecule has 4 nitrogen and oxygen atoms in total. The Morgan fingerprint density at radius 3 is 2.68 bits per heavy atom. The number of hydrogen-bond donors (Lipinski definition) is 1. The average molecular weight is 300 g/mol. The smallest absolute Gasteiger partial charge is 0.310 e. The van der Waals surface area contributed by atoms with Crippen molar-refractivity contribution < 1.29 is 14.7 Å². The van der Waals surface area contributed by atoms with Crippen LogP contribution in [0.4, 0.5) is 0 Å². The second-order valence-corrected chi connectivity index (χ2v) is 5.81. The lowest BCUT2D eigenvalue weighted by atomic mass is 10.0. The summed E-state index contributed by atoms with van der Waals surface area (Å²) >= 11 is 7.51. The summed E-state index contributed by atoms with van der Waals surface area (Å²) in [5.74, 6) is -0.182. The van der Waals surface area contributed by atoms with Crippen LogP contribution in [0, 0.1) is 5.92 Å². The van der Waals surface area contributed by atoms with E-state index in [0.717, 1.165) is 5.56 Å². The minimum Gasteiger partial charge on any atom is -0.481 e. The normalized spacial score (nSPS) is 15.1. The second kappa shape index (κ2) is 6.30. The van der Waals surface area contributed by atoms with Crippen LogP contribution in [0.15, 0.2) is 24.3 Å². The molecule has 0 saturated carbocycles. The molecule has 1 N–H and O–H groups in total. The Morgan fingerprint density at radius 1 is 1.37 bits per heavy atom. The number of carbonyl (C=O) groups excluding carboxylic acids is 1. The number of aliphatic carboxylic acids is 1. The zero-order chi connectivity index (χ0) is 13.8. The summed E-state index contributed by atoms with van der Waals surface area (Å²) in [4.78, 5) is 24.0. The number of carboxylic acids is 1. The maximum Gasteiger partial charge on any atom is 0.310 e. The van der Waals surface area contributed by atoms with Gasteiger partial charge >= 0.3 is 5.97 Å². The summed E-state index contributed by atoms with van der Waals surface area (Å²) in [6.07, 6.45) is 0. The Labute approximate surface area is 120 Å². The fourth-order valence-corrected chi connectivity index (χ4v) is 3.01. The first-order valence-corrected chi connectivity index (χ1v) is 7.43. The minimum absolute atomic E-state index is 0.00504. The molecule has 0 bridgehead atoms. The third-order valence-electron chi connectivity index (χ3n) is 3.02. The molecule has 2 rings (SSSR count). The number of benzene rings is 1. The van der Waals surface area contributed by atoms with E-state index < -0.39 is 11.9 Å². The van der Waals surface area contributed by atoms with Crippen LogP contribution in [0.25, 0.3) is 0 Å². The van der Waals surface area contributed by atoms with Crippen LogP contribution in [0.1, 0.15) is 5.56 Å². The first-order chi connectivity index (χ1) is 9.08. The molecule has 0 unspecified atom stereocenters. The highest BCUT2D eigenvalue weighted by molar-refractivity contribution is 7.99. The Hall–Kier alpha value is -1.20. The summed E-state index contributed by atoms with van der Waals surface area (Å²) in [5, 5.41) is 9.44. The van der Waals surface area contributed by atoms with E-state index in [1.165, 1.54) is 11.8 Å². The van der Waals surface area contributed by atoms with E-state index in [2.05, 4.69) is 0 Å². The van der Waals surface area contributed by atoms with Crippen molar-refractivity contribution in [1.82, 2.24) is 4.90 Å². The number of carboxylic acid groups (broad SMARTS) is 1. The average Bonchev–Trinajstić information content (AvgIpc) is 2.29. The molecule has 1 heterocycles. The van der Waals surface area contributed by atoms with Gasteiger partial charge in [-0.05, 0) is 11.6 Å². The fourth-order valence-electron chi connectivity index (χ4n) is 1.79. The van der Waals surface area contributed by atoms with Crippen LogP contribution >= 0.6 is 23.4 Å². The Bertz CT molecular complexity index is 489. The predicted octanol–water partition coefficient (Wildman–Crippen LogP) is 2.12. The quantitative estimate of drug-likeness (QED) is 0.905. The molecule has 1 aromatic carbocycles. The Balaban J connectivity index is 1.71. The largest absolute Gasteiger partial charge is 0.481 e. The van der Waals surface area contributed by atoms with Crippen molar-refractivity contribution in [3.63, 3.8) is 0 Å². The molecule has 19 heavy (non-hydrogen) atoms. The highest BCUT2D eigenvalue weighted by Gasteiger charge is 2.35. The van der Waals surface area contributed by atoms with E-state index in [4.69, 9.17) is 16.7 Å². The van der Waals surface area contributed by atoms with Gasteiger partial charge in [0.2, 0.25) is 5.91 Å². The summed E-state index contributed by atoms with van der Waals surface area (Å²) in [5.41, 5.74) is 1.01. The van der Waals surface area contributed by atoms with Crippen molar-refractivity contribution in [2.75, 3.05) is 18.8 Å². The fraction of sp³-hybridized carbons (Fsp3) is 0.385. The first kappa shape index (κ1) is 14.2. The van der Waals surface area contributed by atoms with Gasteiger partial charge in [-0.2, -0.15) is 0 Å². The first-order valence-electron chi connectivity index (χ1n) is 5.89. The molecular formula is C13H14ClNO3S. The number of thioether (sulfide) groups is 1. The number of halogens is 1. The number of carbonyl (C=O) groups is 2. The van der Waals surface area contributed by atoms with Gasteiger partial charge in [0, 0.05) is 23.9 Å². The highest BCUT2D eigenvalue weighted by atomic mass is 35.5. The lowest BCUT2D eigenvalue weighted by Gasteiger charge is -2.36.